The van der Waals surface area contributed by atoms with Gasteiger partial charge in [-0.05, 0) is 18.6 Å². The van der Waals surface area contributed by atoms with Gasteiger partial charge in [-0.2, -0.15) is 0 Å². The van der Waals surface area contributed by atoms with Gasteiger partial charge >= 0.3 is 5.97 Å². The van der Waals surface area contributed by atoms with Crippen LogP contribution in [0.2, 0.25) is 0 Å². The van der Waals surface area contributed by atoms with Crippen molar-refractivity contribution in [1.29, 1.82) is 0 Å². The topological polar surface area (TPSA) is 176 Å². The molecule has 1 aromatic rings. The molecule has 4 amide bonds. The molecule has 0 saturated carbocycles. The maximum atomic E-state index is 13.0. The summed E-state index contributed by atoms with van der Waals surface area (Å²) < 4.78 is 32.5. The lowest BCUT2D eigenvalue weighted by molar-refractivity contribution is -0.136. The summed E-state index contributed by atoms with van der Waals surface area (Å²) in [6, 6.07) is 3.63. The standard InChI is InChI=1S/C27H34N2O12/c30-22-7-6-20(25(33)28-22)29-26(34)19-3-1-4-21(24(19)27(29)35)41-18-17-40-16-15-39-14-13-38-12-11-37-10-9-36-8-2-5-23(31)32/h1-5,20H,6-18H2,(H,31,32)(H,28,30,33). The second-order valence-electron chi connectivity index (χ2n) is 8.74. The average Bonchev–Trinajstić information content (AvgIpc) is 3.20. The molecule has 0 spiro atoms. The molecule has 3 rings (SSSR count). The summed E-state index contributed by atoms with van der Waals surface area (Å²) >= 11 is 0. The number of carbonyl (C=O) groups is 5. The lowest BCUT2D eigenvalue weighted by Crippen LogP contribution is -2.54. The number of imide groups is 2. The highest BCUT2D eigenvalue weighted by atomic mass is 16.6. The van der Waals surface area contributed by atoms with Crippen LogP contribution in [0, 0.1) is 0 Å². The maximum Gasteiger partial charge on any atom is 0.328 e. The summed E-state index contributed by atoms with van der Waals surface area (Å²) in [7, 11) is 0. The number of rotatable bonds is 20. The predicted octanol–water partition coefficient (Wildman–Crippen LogP) is 0.190. The highest BCUT2D eigenvalue weighted by Gasteiger charge is 2.45. The van der Waals surface area contributed by atoms with Crippen molar-refractivity contribution in [3.63, 3.8) is 0 Å². The van der Waals surface area contributed by atoms with Gasteiger partial charge in [-0.15, -0.1) is 0 Å². The Hall–Kier alpha value is -3.69. The Labute approximate surface area is 236 Å². The number of hydrogen-bond donors (Lipinski definition) is 2. The molecule has 2 aliphatic rings. The Balaban J connectivity index is 1.21. The maximum absolute atomic E-state index is 13.0. The number of ether oxygens (including phenoxy) is 6. The van der Waals surface area contributed by atoms with Gasteiger partial charge in [0.1, 0.15) is 18.4 Å². The van der Waals surface area contributed by atoms with E-state index in [0.717, 1.165) is 11.0 Å². The Bertz CT molecular complexity index is 1110. The molecule has 1 unspecified atom stereocenters. The molecule has 2 aliphatic heterocycles. The minimum Gasteiger partial charge on any atom is -0.490 e. The summed E-state index contributed by atoms with van der Waals surface area (Å²) in [5.41, 5.74) is 0.242. The highest BCUT2D eigenvalue weighted by Crippen LogP contribution is 2.33. The van der Waals surface area contributed by atoms with Crippen molar-refractivity contribution in [2.24, 2.45) is 0 Å². The van der Waals surface area contributed by atoms with Crippen LogP contribution in [0.25, 0.3) is 0 Å². The zero-order valence-electron chi connectivity index (χ0n) is 22.5. The van der Waals surface area contributed by atoms with E-state index in [1.165, 1.54) is 12.1 Å². The molecule has 14 heteroatoms. The van der Waals surface area contributed by atoms with E-state index < -0.39 is 35.6 Å². The lowest BCUT2D eigenvalue weighted by Gasteiger charge is -2.27. The first-order valence-electron chi connectivity index (χ1n) is 13.2. The number of fused-ring (bicyclic) bond motifs is 1. The van der Waals surface area contributed by atoms with Gasteiger partial charge in [0.2, 0.25) is 11.8 Å². The van der Waals surface area contributed by atoms with Gasteiger partial charge in [0.25, 0.3) is 11.8 Å². The first-order chi connectivity index (χ1) is 19.9. The van der Waals surface area contributed by atoms with Gasteiger partial charge in [-0.3, -0.25) is 29.4 Å². The summed E-state index contributed by atoms with van der Waals surface area (Å²) in [5.74, 6) is -3.12. The van der Waals surface area contributed by atoms with E-state index >= 15 is 0 Å². The number of aliphatic carboxylic acids is 1. The Morgan fingerprint density at radius 3 is 2.02 bits per heavy atom. The molecule has 2 heterocycles. The number of piperidine rings is 1. The molecule has 2 N–H and O–H groups in total. The van der Waals surface area contributed by atoms with Crippen molar-refractivity contribution in [3.05, 3.63) is 41.5 Å². The van der Waals surface area contributed by atoms with Crippen molar-refractivity contribution >= 4 is 29.6 Å². The van der Waals surface area contributed by atoms with Gasteiger partial charge < -0.3 is 33.5 Å². The quantitative estimate of drug-likeness (QED) is 0.122. The zero-order valence-corrected chi connectivity index (χ0v) is 22.5. The summed E-state index contributed by atoms with van der Waals surface area (Å²) in [4.78, 5) is 60.7. The van der Waals surface area contributed by atoms with Crippen molar-refractivity contribution < 1.29 is 57.5 Å². The van der Waals surface area contributed by atoms with E-state index in [4.69, 9.17) is 33.5 Å². The summed E-state index contributed by atoms with van der Waals surface area (Å²) in [6.45, 7) is 3.55. The van der Waals surface area contributed by atoms with Crippen LogP contribution in [-0.4, -0.2) is 118 Å². The SMILES string of the molecule is O=C(O)C=CCOCCOCCOCCOCCOCCOc1cccc2c1C(=O)N(C1CCC(=O)NC1=O)C2=O. The fourth-order valence-corrected chi connectivity index (χ4v) is 3.99. The number of hydrogen-bond acceptors (Lipinski definition) is 11. The van der Waals surface area contributed by atoms with Crippen LogP contribution in [0.5, 0.6) is 5.75 Å². The van der Waals surface area contributed by atoms with Gasteiger partial charge in [-0.25, -0.2) is 4.79 Å². The van der Waals surface area contributed by atoms with Crippen molar-refractivity contribution in [3.8, 4) is 5.75 Å². The average molecular weight is 579 g/mol. The normalized spacial score (nSPS) is 16.9. The summed E-state index contributed by atoms with van der Waals surface area (Å²) in [5, 5.41) is 10.6. The third-order valence-corrected chi connectivity index (χ3v) is 5.88. The highest BCUT2D eigenvalue weighted by molar-refractivity contribution is 6.24. The molecule has 0 radical (unpaired) electrons. The van der Waals surface area contributed by atoms with Crippen LogP contribution >= 0.6 is 0 Å². The third kappa shape index (κ3) is 10.0. The van der Waals surface area contributed by atoms with Crippen LogP contribution in [-0.2, 0) is 38.1 Å². The first-order valence-corrected chi connectivity index (χ1v) is 13.2. The number of carbonyl (C=O) groups excluding carboxylic acids is 4. The van der Waals surface area contributed by atoms with E-state index in [1.807, 2.05) is 0 Å². The van der Waals surface area contributed by atoms with E-state index in [2.05, 4.69) is 5.32 Å². The molecular formula is C27H34N2O12. The van der Waals surface area contributed by atoms with Crippen molar-refractivity contribution in [2.45, 2.75) is 18.9 Å². The van der Waals surface area contributed by atoms with E-state index in [1.54, 1.807) is 12.1 Å². The second kappa shape index (κ2) is 17.2. The van der Waals surface area contributed by atoms with Gasteiger partial charge in [0, 0.05) is 12.5 Å². The zero-order chi connectivity index (χ0) is 29.5. The fraction of sp³-hybridized carbons (Fsp3) is 0.519. The predicted molar refractivity (Wildman–Crippen MR) is 139 cm³/mol. The number of benzene rings is 1. The van der Waals surface area contributed by atoms with Crippen LogP contribution in [0.15, 0.2) is 30.4 Å². The molecule has 1 atom stereocenters. The number of carboxylic acid groups (broad SMARTS) is 1. The van der Waals surface area contributed by atoms with E-state index in [9.17, 15) is 24.0 Å². The molecule has 41 heavy (non-hydrogen) atoms. The van der Waals surface area contributed by atoms with Crippen LogP contribution < -0.4 is 10.1 Å². The van der Waals surface area contributed by atoms with E-state index in [0.29, 0.717) is 52.9 Å². The molecule has 14 nitrogen and oxygen atoms in total. The van der Waals surface area contributed by atoms with Crippen LogP contribution in [0.1, 0.15) is 33.6 Å². The smallest absolute Gasteiger partial charge is 0.328 e. The van der Waals surface area contributed by atoms with E-state index in [-0.39, 0.29) is 49.5 Å². The number of amides is 4. The van der Waals surface area contributed by atoms with Crippen molar-refractivity contribution in [2.75, 3.05) is 72.7 Å². The van der Waals surface area contributed by atoms with Gasteiger partial charge in [0.05, 0.1) is 77.2 Å². The number of nitrogens with zero attached hydrogens (tertiary/aromatic N) is 1. The fourth-order valence-electron chi connectivity index (χ4n) is 3.99. The molecule has 1 saturated heterocycles. The lowest BCUT2D eigenvalue weighted by atomic mass is 10.0. The molecule has 0 bridgehead atoms. The molecule has 1 fully saturated rings. The molecule has 0 aromatic heterocycles. The van der Waals surface area contributed by atoms with Crippen molar-refractivity contribution in [1.82, 2.24) is 10.2 Å². The minimum absolute atomic E-state index is 0.0474. The molecule has 1 aromatic carbocycles. The van der Waals surface area contributed by atoms with Gasteiger partial charge in [0.15, 0.2) is 0 Å². The number of nitrogens with one attached hydrogen (secondary N) is 1. The van der Waals surface area contributed by atoms with Crippen LogP contribution in [0.4, 0.5) is 0 Å². The molecule has 0 aliphatic carbocycles. The second-order valence-corrected chi connectivity index (χ2v) is 8.74. The number of carboxylic acids is 1. The molecular weight excluding hydrogens is 544 g/mol. The summed E-state index contributed by atoms with van der Waals surface area (Å²) in [6.07, 6.45) is 2.56. The Morgan fingerprint density at radius 1 is 0.854 bits per heavy atom. The van der Waals surface area contributed by atoms with Crippen LogP contribution in [0.3, 0.4) is 0 Å². The minimum atomic E-state index is -1.04. The Kier molecular flexibility index (Phi) is 13.4. The largest absolute Gasteiger partial charge is 0.490 e. The van der Waals surface area contributed by atoms with Gasteiger partial charge in [-0.1, -0.05) is 12.1 Å². The first kappa shape index (κ1) is 31.8. The third-order valence-electron chi connectivity index (χ3n) is 5.88. The molecule has 224 valence electrons. The Morgan fingerprint density at radius 2 is 1.44 bits per heavy atom. The monoisotopic (exact) mass is 578 g/mol.